The third kappa shape index (κ3) is 4.44. The van der Waals surface area contributed by atoms with Crippen LogP contribution in [-0.4, -0.2) is 23.8 Å². The van der Waals surface area contributed by atoms with Crippen LogP contribution in [0.4, 0.5) is 4.39 Å². The van der Waals surface area contributed by atoms with E-state index in [4.69, 9.17) is 9.47 Å². The van der Waals surface area contributed by atoms with Crippen molar-refractivity contribution in [2.24, 2.45) is 0 Å². The van der Waals surface area contributed by atoms with Crippen molar-refractivity contribution in [2.75, 3.05) is 6.26 Å². The Morgan fingerprint density at radius 3 is 2.90 bits per heavy atom. The Morgan fingerprint density at radius 1 is 1.52 bits per heavy atom. The quantitative estimate of drug-likeness (QED) is 0.582. The lowest BCUT2D eigenvalue weighted by atomic mass is 9.97. The number of hydrogen-bond acceptors (Lipinski definition) is 4. The van der Waals surface area contributed by atoms with Crippen LogP contribution in [0.3, 0.4) is 0 Å². The summed E-state index contributed by atoms with van der Waals surface area (Å²) < 4.78 is 24.9. The number of thioether (sulfide) groups is 1. The Hall–Kier alpha value is -0.590. The first kappa shape index (κ1) is 16.8. The molecule has 1 aromatic carbocycles. The third-order valence-electron chi connectivity index (χ3n) is 3.43. The second-order valence-electron chi connectivity index (χ2n) is 4.98. The van der Waals surface area contributed by atoms with Crippen LogP contribution in [0.25, 0.3) is 0 Å². The molecular weight excluding hydrogens is 359 g/mol. The molecule has 1 saturated heterocycles. The minimum absolute atomic E-state index is 0.0226. The molecule has 116 valence electrons. The molecule has 0 amide bonds. The third-order valence-corrected chi connectivity index (χ3v) is 4.86. The van der Waals surface area contributed by atoms with Crippen LogP contribution in [0, 0.1) is 5.82 Å². The molecule has 1 fully saturated rings. The minimum atomic E-state index is -0.277. The number of benzene rings is 1. The first-order valence-electron chi connectivity index (χ1n) is 6.73. The molecule has 1 aromatic rings. The highest BCUT2D eigenvalue weighted by molar-refractivity contribution is 9.08. The number of hydrogen-bond donors (Lipinski definition) is 0. The van der Waals surface area contributed by atoms with Gasteiger partial charge >= 0.3 is 5.97 Å². The molecule has 0 aliphatic carbocycles. The van der Waals surface area contributed by atoms with E-state index in [1.54, 1.807) is 17.8 Å². The molecule has 0 saturated carbocycles. The summed E-state index contributed by atoms with van der Waals surface area (Å²) in [5, 5.41) is 0.457. The van der Waals surface area contributed by atoms with Gasteiger partial charge in [0.1, 0.15) is 17.4 Å². The molecular formula is C15H18BrFO3S. The van der Waals surface area contributed by atoms with E-state index in [2.05, 4.69) is 15.9 Å². The van der Waals surface area contributed by atoms with Crippen molar-refractivity contribution in [2.45, 2.75) is 42.7 Å². The van der Waals surface area contributed by atoms with Gasteiger partial charge in [-0.1, -0.05) is 22.0 Å². The van der Waals surface area contributed by atoms with Crippen molar-refractivity contribution in [3.8, 4) is 0 Å². The molecule has 3 atom stereocenters. The number of alkyl halides is 1. The fraction of sp³-hybridized carbons (Fsp3) is 0.533. The van der Waals surface area contributed by atoms with Crippen molar-refractivity contribution in [3.63, 3.8) is 0 Å². The summed E-state index contributed by atoms with van der Waals surface area (Å²) in [6.07, 6.45) is 2.91. The van der Waals surface area contributed by atoms with E-state index in [0.29, 0.717) is 23.7 Å². The Labute approximate surface area is 136 Å². The van der Waals surface area contributed by atoms with Gasteiger partial charge in [-0.05, 0) is 29.5 Å². The summed E-state index contributed by atoms with van der Waals surface area (Å²) >= 11 is 4.87. The predicted octanol–water partition coefficient (Wildman–Crippen LogP) is 4.19. The van der Waals surface area contributed by atoms with Crippen LogP contribution >= 0.6 is 27.7 Å². The van der Waals surface area contributed by atoms with Gasteiger partial charge < -0.3 is 9.47 Å². The summed E-state index contributed by atoms with van der Waals surface area (Å²) in [5.74, 6) is -0.509. The highest BCUT2D eigenvalue weighted by Gasteiger charge is 2.32. The topological polar surface area (TPSA) is 35.5 Å². The smallest absolute Gasteiger partial charge is 0.302 e. The van der Waals surface area contributed by atoms with E-state index in [1.807, 2.05) is 12.3 Å². The lowest BCUT2D eigenvalue weighted by Crippen LogP contribution is -2.32. The van der Waals surface area contributed by atoms with Gasteiger partial charge in [0.05, 0.1) is 6.10 Å². The zero-order chi connectivity index (χ0) is 15.4. The maximum atomic E-state index is 13.6. The van der Waals surface area contributed by atoms with Crippen molar-refractivity contribution >= 4 is 33.7 Å². The molecule has 21 heavy (non-hydrogen) atoms. The predicted molar refractivity (Wildman–Crippen MR) is 84.9 cm³/mol. The van der Waals surface area contributed by atoms with Gasteiger partial charge in [-0.3, -0.25) is 4.79 Å². The molecule has 3 unspecified atom stereocenters. The van der Waals surface area contributed by atoms with Crippen LogP contribution in [0.5, 0.6) is 0 Å². The zero-order valence-electron chi connectivity index (χ0n) is 12.0. The van der Waals surface area contributed by atoms with Crippen LogP contribution in [0.1, 0.15) is 37.0 Å². The zero-order valence-corrected chi connectivity index (χ0v) is 14.4. The lowest BCUT2D eigenvalue weighted by Gasteiger charge is -2.34. The Kier molecular flexibility index (Phi) is 6.08. The van der Waals surface area contributed by atoms with E-state index in [0.717, 1.165) is 5.56 Å². The molecule has 1 heterocycles. The first-order chi connectivity index (χ1) is 10.0. The average molecular weight is 377 g/mol. The number of carbonyl (C=O) groups is 1. The van der Waals surface area contributed by atoms with Crippen LogP contribution in [0.2, 0.25) is 0 Å². The Balaban J connectivity index is 2.18. The molecule has 3 nitrogen and oxygen atoms in total. The molecule has 0 bridgehead atoms. The molecule has 0 N–H and O–H groups in total. The highest BCUT2D eigenvalue weighted by atomic mass is 79.9. The molecule has 0 spiro atoms. The van der Waals surface area contributed by atoms with Crippen LogP contribution < -0.4 is 0 Å². The fourth-order valence-electron chi connectivity index (χ4n) is 2.44. The second-order valence-corrected chi connectivity index (χ2v) is 6.54. The van der Waals surface area contributed by atoms with Gasteiger partial charge in [0.15, 0.2) is 0 Å². The van der Waals surface area contributed by atoms with Gasteiger partial charge in [0, 0.05) is 25.1 Å². The van der Waals surface area contributed by atoms with Crippen LogP contribution in [-0.2, 0) is 19.6 Å². The van der Waals surface area contributed by atoms with E-state index < -0.39 is 0 Å². The molecule has 2 rings (SSSR count). The number of ether oxygens (including phenoxy) is 2. The second kappa shape index (κ2) is 7.61. The van der Waals surface area contributed by atoms with Crippen LogP contribution in [0.15, 0.2) is 18.2 Å². The number of rotatable bonds is 4. The van der Waals surface area contributed by atoms with Gasteiger partial charge in [-0.25, -0.2) is 4.39 Å². The van der Waals surface area contributed by atoms with Gasteiger partial charge in [0.25, 0.3) is 0 Å². The monoisotopic (exact) mass is 376 g/mol. The summed E-state index contributed by atoms with van der Waals surface area (Å²) in [6.45, 7) is 1.42. The van der Waals surface area contributed by atoms with Crippen molar-refractivity contribution in [3.05, 3.63) is 35.1 Å². The maximum absolute atomic E-state index is 13.6. The molecule has 6 heteroatoms. The summed E-state index contributed by atoms with van der Waals surface area (Å²) in [4.78, 5) is 11.2. The molecule has 0 radical (unpaired) electrons. The Bertz CT molecular complexity index is 512. The van der Waals surface area contributed by atoms with Gasteiger partial charge in [-0.2, -0.15) is 0 Å². The van der Waals surface area contributed by atoms with E-state index in [9.17, 15) is 9.18 Å². The first-order valence-corrected chi connectivity index (χ1v) is 9.14. The fourth-order valence-corrected chi connectivity index (χ4v) is 3.52. The summed E-state index contributed by atoms with van der Waals surface area (Å²) in [6, 6.07) is 5.00. The number of halogens is 2. The van der Waals surface area contributed by atoms with E-state index in [-0.39, 0.29) is 29.4 Å². The van der Waals surface area contributed by atoms with Gasteiger partial charge in [0.2, 0.25) is 0 Å². The Morgan fingerprint density at radius 2 is 2.29 bits per heavy atom. The molecule has 1 aliphatic heterocycles. The average Bonchev–Trinajstić information content (AvgIpc) is 2.46. The minimum Gasteiger partial charge on any atom is -0.462 e. The highest BCUT2D eigenvalue weighted by Crippen LogP contribution is 2.36. The number of esters is 1. The van der Waals surface area contributed by atoms with Crippen molar-refractivity contribution in [1.29, 1.82) is 0 Å². The largest absolute Gasteiger partial charge is 0.462 e. The molecule has 1 aliphatic rings. The van der Waals surface area contributed by atoms with Crippen molar-refractivity contribution < 1.29 is 18.7 Å². The van der Waals surface area contributed by atoms with Crippen molar-refractivity contribution in [1.82, 2.24) is 0 Å². The van der Waals surface area contributed by atoms with Gasteiger partial charge in [-0.15, -0.1) is 11.8 Å². The standard InChI is InChI=1S/C15H18BrFO3S/c1-9(18)19-12-6-14(20-15(7-12)21-2)10-3-4-13(17)11(5-10)8-16/h3-5,12,14-15H,6-8H2,1-2H3. The molecule has 0 aromatic heterocycles. The normalized spacial score (nSPS) is 25.6. The SMILES string of the molecule is CSC1CC(OC(C)=O)CC(c2ccc(F)c(CBr)c2)O1. The summed E-state index contributed by atoms with van der Waals surface area (Å²) in [5.41, 5.74) is 1.50. The maximum Gasteiger partial charge on any atom is 0.302 e. The lowest BCUT2D eigenvalue weighted by molar-refractivity contribution is -0.155. The van der Waals surface area contributed by atoms with E-state index in [1.165, 1.54) is 13.0 Å². The number of carbonyl (C=O) groups excluding carboxylic acids is 1. The summed E-state index contributed by atoms with van der Waals surface area (Å²) in [7, 11) is 0. The van der Waals surface area contributed by atoms with E-state index >= 15 is 0 Å².